The molecule has 0 aliphatic heterocycles. The number of carbonyl (C=O) groups excluding carboxylic acids is 2. The number of carbonyl (C=O) groups is 2. The fourth-order valence-electron chi connectivity index (χ4n) is 1.29. The zero-order valence-corrected chi connectivity index (χ0v) is 11.9. The van der Waals surface area contributed by atoms with Gasteiger partial charge in [-0.25, -0.2) is 9.78 Å². The summed E-state index contributed by atoms with van der Waals surface area (Å²) in [5.41, 5.74) is 5.52. The second kappa shape index (κ2) is 5.58. The largest absolute Gasteiger partial charge is 0.461 e. The number of hydrogen-bond donors (Lipinski definition) is 1. The molecule has 2 N–H and O–H groups in total. The van der Waals surface area contributed by atoms with Crippen molar-refractivity contribution in [2.75, 3.05) is 6.61 Å². The number of ketones is 1. The van der Waals surface area contributed by atoms with Crippen molar-refractivity contribution in [3.05, 3.63) is 15.6 Å². The molecule has 1 unspecified atom stereocenters. The number of thiazole rings is 1. The van der Waals surface area contributed by atoms with E-state index in [1.165, 1.54) is 18.3 Å². The summed E-state index contributed by atoms with van der Waals surface area (Å²) in [5.74, 6) is -0.772. The van der Waals surface area contributed by atoms with Gasteiger partial charge in [0.1, 0.15) is 9.88 Å². The summed E-state index contributed by atoms with van der Waals surface area (Å²) in [6.07, 6.45) is 0.667. The van der Waals surface area contributed by atoms with Crippen molar-refractivity contribution in [2.24, 2.45) is 5.73 Å². The van der Waals surface area contributed by atoms with E-state index in [4.69, 9.17) is 10.5 Å². The smallest absolute Gasteiger partial charge is 0.358 e. The van der Waals surface area contributed by atoms with Crippen LogP contribution in [0.3, 0.4) is 0 Å². The third-order valence-electron chi connectivity index (χ3n) is 2.64. The molecule has 1 aromatic rings. The number of hydrogen-bond acceptors (Lipinski definition) is 6. The number of aromatic nitrogens is 1. The van der Waals surface area contributed by atoms with Gasteiger partial charge in [0.25, 0.3) is 0 Å². The molecule has 18 heavy (non-hydrogen) atoms. The SMILES string of the molecule is CCOC(=O)c1nc(C(C)(N)CC)sc1C(C)=O. The molecule has 0 spiro atoms. The van der Waals surface area contributed by atoms with E-state index in [1.54, 1.807) is 6.92 Å². The first kappa shape index (κ1) is 14.8. The van der Waals surface area contributed by atoms with Crippen LogP contribution in [-0.2, 0) is 10.3 Å². The maximum absolute atomic E-state index is 11.7. The molecular formula is C12H18N2O3S. The molecule has 6 heteroatoms. The molecule has 0 aliphatic rings. The molecule has 5 nitrogen and oxygen atoms in total. The summed E-state index contributed by atoms with van der Waals surface area (Å²) in [5, 5.41) is 0.582. The normalized spacial score (nSPS) is 14.1. The van der Waals surface area contributed by atoms with Crippen LogP contribution in [0.15, 0.2) is 0 Å². The van der Waals surface area contributed by atoms with Gasteiger partial charge in [-0.05, 0) is 20.3 Å². The minimum atomic E-state index is -0.639. The van der Waals surface area contributed by atoms with E-state index in [2.05, 4.69) is 4.98 Å². The predicted molar refractivity (Wildman–Crippen MR) is 69.9 cm³/mol. The van der Waals surface area contributed by atoms with E-state index >= 15 is 0 Å². The van der Waals surface area contributed by atoms with Gasteiger partial charge >= 0.3 is 5.97 Å². The van der Waals surface area contributed by atoms with Crippen molar-refractivity contribution in [2.45, 2.75) is 39.7 Å². The Morgan fingerprint density at radius 1 is 1.44 bits per heavy atom. The zero-order chi connectivity index (χ0) is 13.9. The molecule has 0 aliphatic carbocycles. The fourth-order valence-corrected chi connectivity index (χ4v) is 2.37. The van der Waals surface area contributed by atoms with Crippen LogP contribution in [0.5, 0.6) is 0 Å². The summed E-state index contributed by atoms with van der Waals surface area (Å²) in [6, 6.07) is 0. The molecule has 1 rings (SSSR count). The number of esters is 1. The molecule has 0 bridgehead atoms. The molecule has 100 valence electrons. The summed E-state index contributed by atoms with van der Waals surface area (Å²) in [4.78, 5) is 27.8. The van der Waals surface area contributed by atoms with Crippen LogP contribution >= 0.6 is 11.3 Å². The lowest BCUT2D eigenvalue weighted by molar-refractivity contribution is 0.0517. The molecule has 0 aromatic carbocycles. The highest BCUT2D eigenvalue weighted by atomic mass is 32.1. The van der Waals surface area contributed by atoms with E-state index < -0.39 is 11.5 Å². The third kappa shape index (κ3) is 2.94. The zero-order valence-electron chi connectivity index (χ0n) is 11.1. The standard InChI is InChI=1S/C12H18N2O3S/c1-5-12(4,13)11-14-8(10(16)17-6-2)9(18-11)7(3)15/h5-6,13H2,1-4H3. The molecule has 1 heterocycles. The molecule has 0 radical (unpaired) electrons. The summed E-state index contributed by atoms with van der Waals surface area (Å²) in [7, 11) is 0. The molecule has 0 saturated heterocycles. The summed E-state index contributed by atoms with van der Waals surface area (Å²) in [6.45, 7) is 7.11. The van der Waals surface area contributed by atoms with Crippen LogP contribution in [0.4, 0.5) is 0 Å². The van der Waals surface area contributed by atoms with E-state index in [0.717, 1.165) is 0 Å². The number of Topliss-reactive ketones (excluding diaryl/α,β-unsaturated/α-hetero) is 1. The number of nitrogens with zero attached hydrogens (tertiary/aromatic N) is 1. The second-order valence-electron chi connectivity index (χ2n) is 4.24. The van der Waals surface area contributed by atoms with E-state index in [0.29, 0.717) is 16.3 Å². The van der Waals surface area contributed by atoms with Crippen molar-refractivity contribution < 1.29 is 14.3 Å². The Bertz CT molecular complexity index is 466. The van der Waals surface area contributed by atoms with Gasteiger partial charge in [-0.2, -0.15) is 0 Å². The Balaban J connectivity index is 3.25. The van der Waals surface area contributed by atoms with Crippen LogP contribution < -0.4 is 5.73 Å². The van der Waals surface area contributed by atoms with Crippen LogP contribution in [0.2, 0.25) is 0 Å². The molecule has 0 saturated carbocycles. The first-order valence-electron chi connectivity index (χ1n) is 5.81. The van der Waals surface area contributed by atoms with Crippen molar-refractivity contribution >= 4 is 23.1 Å². The highest BCUT2D eigenvalue weighted by Crippen LogP contribution is 2.29. The van der Waals surface area contributed by atoms with Crippen molar-refractivity contribution in [3.63, 3.8) is 0 Å². The van der Waals surface area contributed by atoms with Gasteiger partial charge in [0.05, 0.1) is 12.1 Å². The average molecular weight is 270 g/mol. The quantitative estimate of drug-likeness (QED) is 0.654. The van der Waals surface area contributed by atoms with Gasteiger partial charge in [-0.15, -0.1) is 11.3 Å². The number of rotatable bonds is 5. The lowest BCUT2D eigenvalue weighted by Crippen LogP contribution is -2.31. The summed E-state index contributed by atoms with van der Waals surface area (Å²) >= 11 is 1.17. The Kier molecular flexibility index (Phi) is 4.59. The van der Waals surface area contributed by atoms with Crippen LogP contribution in [0.1, 0.15) is 59.3 Å². The van der Waals surface area contributed by atoms with Gasteiger partial charge in [-0.1, -0.05) is 6.92 Å². The van der Waals surface area contributed by atoms with Gasteiger partial charge in [0.15, 0.2) is 11.5 Å². The first-order valence-corrected chi connectivity index (χ1v) is 6.63. The second-order valence-corrected chi connectivity index (χ2v) is 5.24. The molecule has 1 atom stereocenters. The van der Waals surface area contributed by atoms with Gasteiger partial charge < -0.3 is 10.5 Å². The van der Waals surface area contributed by atoms with Gasteiger partial charge in [0.2, 0.25) is 0 Å². The maximum Gasteiger partial charge on any atom is 0.358 e. The van der Waals surface area contributed by atoms with Crippen LogP contribution in [-0.4, -0.2) is 23.3 Å². The monoisotopic (exact) mass is 270 g/mol. The average Bonchev–Trinajstić information content (AvgIpc) is 2.75. The van der Waals surface area contributed by atoms with Crippen LogP contribution in [0, 0.1) is 0 Å². The summed E-state index contributed by atoms with van der Waals surface area (Å²) < 4.78 is 4.89. The topological polar surface area (TPSA) is 82.3 Å². The fraction of sp³-hybridized carbons (Fsp3) is 0.583. The van der Waals surface area contributed by atoms with Crippen molar-refractivity contribution in [1.82, 2.24) is 4.98 Å². The van der Waals surface area contributed by atoms with E-state index in [1.807, 2.05) is 13.8 Å². The number of nitrogens with two attached hydrogens (primary N) is 1. The third-order valence-corrected chi connectivity index (χ3v) is 4.07. The van der Waals surface area contributed by atoms with E-state index in [-0.39, 0.29) is 18.1 Å². The van der Waals surface area contributed by atoms with Gasteiger partial charge in [0, 0.05) is 6.92 Å². The highest BCUT2D eigenvalue weighted by Gasteiger charge is 2.29. The van der Waals surface area contributed by atoms with Crippen molar-refractivity contribution in [1.29, 1.82) is 0 Å². The maximum atomic E-state index is 11.7. The van der Waals surface area contributed by atoms with E-state index in [9.17, 15) is 9.59 Å². The molecule has 0 fully saturated rings. The Morgan fingerprint density at radius 3 is 2.50 bits per heavy atom. The predicted octanol–water partition coefficient (Wildman–Crippen LogP) is 2.11. The molecular weight excluding hydrogens is 252 g/mol. The Morgan fingerprint density at radius 2 is 2.06 bits per heavy atom. The van der Waals surface area contributed by atoms with Crippen molar-refractivity contribution in [3.8, 4) is 0 Å². The Hall–Kier alpha value is -1.27. The van der Waals surface area contributed by atoms with Crippen LogP contribution in [0.25, 0.3) is 0 Å². The first-order chi connectivity index (χ1) is 8.33. The minimum Gasteiger partial charge on any atom is -0.461 e. The Labute approximate surface area is 110 Å². The van der Waals surface area contributed by atoms with Gasteiger partial charge in [-0.3, -0.25) is 4.79 Å². The lowest BCUT2D eigenvalue weighted by Gasteiger charge is -2.18. The molecule has 0 amide bonds. The highest BCUT2D eigenvalue weighted by molar-refractivity contribution is 7.14. The molecule has 1 aromatic heterocycles. The minimum absolute atomic E-state index is 0.0782. The number of ether oxygens (including phenoxy) is 1. The lowest BCUT2D eigenvalue weighted by atomic mass is 10.0.